The van der Waals surface area contributed by atoms with Crippen LogP contribution in [0.3, 0.4) is 0 Å². The number of ether oxygens (including phenoxy) is 2. The number of benzene rings is 1. The van der Waals surface area contributed by atoms with E-state index in [0.717, 1.165) is 0 Å². The summed E-state index contributed by atoms with van der Waals surface area (Å²) < 4.78 is 9.54. The van der Waals surface area contributed by atoms with E-state index < -0.39 is 5.97 Å². The van der Waals surface area contributed by atoms with Crippen LogP contribution < -0.4 is 4.74 Å². The number of methoxy groups -OCH3 is 2. The van der Waals surface area contributed by atoms with Crippen LogP contribution in [0.15, 0.2) is 35.6 Å². The van der Waals surface area contributed by atoms with Crippen molar-refractivity contribution in [2.24, 2.45) is 0 Å². The molecule has 0 aliphatic rings. The first-order valence-corrected chi connectivity index (χ1v) is 5.22. The molecule has 0 saturated heterocycles. The Labute approximate surface area is 105 Å². The summed E-state index contributed by atoms with van der Waals surface area (Å²) >= 11 is 0. The van der Waals surface area contributed by atoms with Crippen molar-refractivity contribution in [2.45, 2.75) is 6.92 Å². The van der Waals surface area contributed by atoms with E-state index in [9.17, 15) is 9.90 Å². The Morgan fingerprint density at radius 3 is 2.17 bits per heavy atom. The lowest BCUT2D eigenvalue weighted by Crippen LogP contribution is -2.16. The van der Waals surface area contributed by atoms with Gasteiger partial charge in [-0.1, -0.05) is 0 Å². The number of hydrogen-bond acceptors (Lipinski definition) is 5. The van der Waals surface area contributed by atoms with E-state index in [1.165, 1.54) is 21.1 Å². The summed E-state index contributed by atoms with van der Waals surface area (Å²) in [5, 5.41) is 17.4. The predicted octanol–water partition coefficient (Wildman–Crippen LogP) is 2.07. The first kappa shape index (κ1) is 13.8. The maximum atomic E-state index is 11.5. The van der Waals surface area contributed by atoms with Gasteiger partial charge in [0.2, 0.25) is 0 Å². The molecule has 0 spiro atoms. The molecule has 2 N–H and O–H groups in total. The minimum absolute atomic E-state index is 0.0931. The summed E-state index contributed by atoms with van der Waals surface area (Å²) in [4.78, 5) is 11.5. The molecule has 0 atom stereocenters. The normalized spacial score (nSPS) is 11.5. The summed E-state index contributed by atoms with van der Waals surface area (Å²) in [7, 11) is 2.74. The molecule has 0 heterocycles. The molecule has 0 amide bonds. The molecule has 0 fully saturated rings. The van der Waals surface area contributed by atoms with Crippen LogP contribution >= 0.6 is 0 Å². The second-order valence-electron chi connectivity index (χ2n) is 3.56. The van der Waals surface area contributed by atoms with Crippen molar-refractivity contribution >= 4 is 11.7 Å². The number of aliphatic hydroxyl groups excluding tert-OH is 1. The summed E-state index contributed by atoms with van der Waals surface area (Å²) in [6, 6.07) is 6.61. The quantitative estimate of drug-likeness (QED) is 0.370. The number of esters is 1. The van der Waals surface area contributed by atoms with Crippen LogP contribution in [0.1, 0.15) is 12.5 Å². The van der Waals surface area contributed by atoms with E-state index in [1.54, 1.807) is 24.3 Å². The Morgan fingerprint density at radius 2 is 1.78 bits per heavy atom. The van der Waals surface area contributed by atoms with Gasteiger partial charge in [0, 0.05) is 5.56 Å². The second-order valence-corrected chi connectivity index (χ2v) is 3.56. The van der Waals surface area contributed by atoms with E-state index in [1.807, 2.05) is 0 Å². The third kappa shape index (κ3) is 2.88. The molecule has 0 saturated carbocycles. The Kier molecular flexibility index (Phi) is 4.48. The molecule has 5 nitrogen and oxygen atoms in total. The molecule has 0 radical (unpaired) electrons. The lowest BCUT2D eigenvalue weighted by Gasteiger charge is -2.09. The molecule has 1 aromatic rings. The number of hydrogen-bond donors (Lipinski definition) is 2. The summed E-state index contributed by atoms with van der Waals surface area (Å²) in [5.41, 5.74) is 0.247. The van der Waals surface area contributed by atoms with E-state index >= 15 is 0 Å². The molecule has 96 valence electrons. The maximum absolute atomic E-state index is 11.5. The molecule has 18 heavy (non-hydrogen) atoms. The fraction of sp³-hybridized carbons (Fsp3) is 0.231. The third-order valence-electron chi connectivity index (χ3n) is 2.38. The van der Waals surface area contributed by atoms with Gasteiger partial charge >= 0.3 is 5.97 Å². The average Bonchev–Trinajstić information content (AvgIpc) is 2.38. The Morgan fingerprint density at radius 1 is 1.22 bits per heavy atom. The zero-order chi connectivity index (χ0) is 13.7. The van der Waals surface area contributed by atoms with Crippen LogP contribution in [0, 0.1) is 5.41 Å². The van der Waals surface area contributed by atoms with E-state index in [0.29, 0.717) is 11.3 Å². The van der Waals surface area contributed by atoms with Crippen molar-refractivity contribution in [3.05, 3.63) is 41.2 Å². The topological polar surface area (TPSA) is 79.6 Å². The molecule has 1 aromatic carbocycles. The number of nitrogens with one attached hydrogen (secondary N) is 1. The standard InChI is InChI=1S/C13H15NO4/c1-8(15)11(13(16)18-3)12(14)9-4-6-10(17-2)7-5-9/h4-7,14-15H,1-3H3/b11-8+,14-12?. The zero-order valence-corrected chi connectivity index (χ0v) is 10.5. The minimum Gasteiger partial charge on any atom is -0.512 e. The molecule has 0 aliphatic heterocycles. The van der Waals surface area contributed by atoms with Gasteiger partial charge < -0.3 is 14.6 Å². The van der Waals surface area contributed by atoms with E-state index in [-0.39, 0.29) is 17.0 Å². The van der Waals surface area contributed by atoms with Crippen LogP contribution in [0.25, 0.3) is 0 Å². The van der Waals surface area contributed by atoms with Crippen molar-refractivity contribution in [2.75, 3.05) is 14.2 Å². The van der Waals surface area contributed by atoms with Crippen molar-refractivity contribution in [3.63, 3.8) is 0 Å². The molecule has 0 aliphatic carbocycles. The van der Waals surface area contributed by atoms with Gasteiger partial charge in [-0.2, -0.15) is 0 Å². The molecular formula is C13H15NO4. The number of rotatable bonds is 4. The maximum Gasteiger partial charge on any atom is 0.343 e. The lowest BCUT2D eigenvalue weighted by atomic mass is 10.0. The van der Waals surface area contributed by atoms with Crippen molar-refractivity contribution in [3.8, 4) is 5.75 Å². The van der Waals surface area contributed by atoms with E-state index in [2.05, 4.69) is 4.74 Å². The summed E-state index contributed by atoms with van der Waals surface area (Å²) in [6.07, 6.45) is 0. The predicted molar refractivity (Wildman–Crippen MR) is 67.2 cm³/mol. The number of carbonyl (C=O) groups is 1. The van der Waals surface area contributed by atoms with Gasteiger partial charge in [0.1, 0.15) is 17.1 Å². The van der Waals surface area contributed by atoms with Crippen molar-refractivity contribution in [1.82, 2.24) is 0 Å². The highest BCUT2D eigenvalue weighted by molar-refractivity contribution is 6.25. The fourth-order valence-electron chi connectivity index (χ4n) is 1.43. The first-order chi connectivity index (χ1) is 8.51. The Hall–Kier alpha value is -2.30. The van der Waals surface area contributed by atoms with Gasteiger partial charge in [-0.3, -0.25) is 5.41 Å². The van der Waals surface area contributed by atoms with Crippen LogP contribution in [0.5, 0.6) is 5.75 Å². The van der Waals surface area contributed by atoms with Gasteiger partial charge in [0.05, 0.1) is 19.9 Å². The van der Waals surface area contributed by atoms with Crippen LogP contribution in [0.2, 0.25) is 0 Å². The lowest BCUT2D eigenvalue weighted by molar-refractivity contribution is -0.135. The highest BCUT2D eigenvalue weighted by Crippen LogP contribution is 2.16. The van der Waals surface area contributed by atoms with Crippen LogP contribution in [-0.2, 0) is 9.53 Å². The number of allylic oxidation sites excluding steroid dienone is 1. The fourth-order valence-corrected chi connectivity index (χ4v) is 1.43. The Balaban J connectivity index is 3.11. The van der Waals surface area contributed by atoms with Gasteiger partial charge in [-0.15, -0.1) is 0 Å². The number of carbonyl (C=O) groups excluding carboxylic acids is 1. The van der Waals surface area contributed by atoms with Gasteiger partial charge in [-0.25, -0.2) is 4.79 Å². The van der Waals surface area contributed by atoms with E-state index in [4.69, 9.17) is 10.1 Å². The van der Waals surface area contributed by atoms with Gasteiger partial charge in [0.25, 0.3) is 0 Å². The molecular weight excluding hydrogens is 234 g/mol. The monoisotopic (exact) mass is 249 g/mol. The third-order valence-corrected chi connectivity index (χ3v) is 2.38. The average molecular weight is 249 g/mol. The van der Waals surface area contributed by atoms with Crippen molar-refractivity contribution < 1.29 is 19.4 Å². The molecule has 5 heteroatoms. The summed E-state index contributed by atoms with van der Waals surface area (Å²) in [5.74, 6) is -0.339. The zero-order valence-electron chi connectivity index (χ0n) is 10.5. The van der Waals surface area contributed by atoms with Crippen LogP contribution in [0.4, 0.5) is 0 Å². The number of aliphatic hydroxyl groups is 1. The van der Waals surface area contributed by atoms with Crippen LogP contribution in [-0.4, -0.2) is 31.0 Å². The second kappa shape index (κ2) is 5.86. The van der Waals surface area contributed by atoms with Crippen molar-refractivity contribution in [1.29, 1.82) is 5.41 Å². The highest BCUT2D eigenvalue weighted by Gasteiger charge is 2.20. The first-order valence-electron chi connectivity index (χ1n) is 5.22. The highest BCUT2D eigenvalue weighted by atomic mass is 16.5. The molecule has 0 aromatic heterocycles. The smallest absolute Gasteiger partial charge is 0.343 e. The SMILES string of the molecule is COC(=O)/C(C(=N)c1ccc(OC)cc1)=C(\C)O. The minimum atomic E-state index is -0.740. The Bertz CT molecular complexity index is 484. The molecule has 1 rings (SSSR count). The largest absolute Gasteiger partial charge is 0.512 e. The summed E-state index contributed by atoms with van der Waals surface area (Å²) in [6.45, 7) is 1.34. The van der Waals surface area contributed by atoms with Gasteiger partial charge in [0.15, 0.2) is 0 Å². The van der Waals surface area contributed by atoms with Gasteiger partial charge in [-0.05, 0) is 31.2 Å². The molecule has 0 bridgehead atoms. The molecule has 0 unspecified atom stereocenters.